The van der Waals surface area contributed by atoms with E-state index in [9.17, 15) is 4.39 Å². The summed E-state index contributed by atoms with van der Waals surface area (Å²) in [5, 5.41) is 0.296. The van der Waals surface area contributed by atoms with Crippen LogP contribution in [0.5, 0.6) is 0 Å². The van der Waals surface area contributed by atoms with Crippen molar-refractivity contribution in [2.45, 2.75) is 22.6 Å². The summed E-state index contributed by atoms with van der Waals surface area (Å²) in [4.78, 5) is 1.30. The summed E-state index contributed by atoms with van der Waals surface area (Å²) in [6.07, 6.45) is 0.957. The van der Waals surface area contributed by atoms with E-state index in [0.717, 1.165) is 12.0 Å². The Kier molecular flexibility index (Phi) is 3.10. The van der Waals surface area contributed by atoms with Crippen LogP contribution in [0.25, 0.3) is 0 Å². The SMILES string of the molecule is NC(c1cccc(F)c1)C1Cc2ccccc2S1. The Hall–Kier alpha value is -1.32. The number of hydrogen-bond acceptors (Lipinski definition) is 2. The molecule has 0 aromatic heterocycles. The van der Waals surface area contributed by atoms with Gasteiger partial charge in [0, 0.05) is 16.2 Å². The zero-order valence-electron chi connectivity index (χ0n) is 9.84. The Balaban J connectivity index is 1.82. The molecular formula is C15H14FNS. The summed E-state index contributed by atoms with van der Waals surface area (Å²) in [5.74, 6) is -0.219. The van der Waals surface area contributed by atoms with E-state index in [1.807, 2.05) is 12.1 Å². The molecule has 0 saturated carbocycles. The standard InChI is InChI=1S/C15H14FNS/c16-12-6-3-5-11(8-12)15(17)14-9-10-4-1-2-7-13(10)18-14/h1-8,14-15H,9,17H2. The third kappa shape index (κ3) is 2.16. The Bertz CT molecular complexity index is 545. The predicted molar refractivity (Wildman–Crippen MR) is 73.1 cm³/mol. The molecule has 0 amide bonds. The molecule has 2 N–H and O–H groups in total. The topological polar surface area (TPSA) is 26.0 Å². The fourth-order valence-corrected chi connectivity index (χ4v) is 3.69. The second-order valence-electron chi connectivity index (χ2n) is 4.55. The summed E-state index contributed by atoms with van der Waals surface area (Å²) in [6.45, 7) is 0. The van der Waals surface area contributed by atoms with Crippen LogP contribution < -0.4 is 5.73 Å². The molecule has 1 nitrogen and oxygen atoms in total. The highest BCUT2D eigenvalue weighted by Crippen LogP contribution is 2.41. The maximum Gasteiger partial charge on any atom is 0.123 e. The molecule has 3 heteroatoms. The fourth-order valence-electron chi connectivity index (χ4n) is 2.34. The smallest absolute Gasteiger partial charge is 0.123 e. The molecule has 1 heterocycles. The quantitative estimate of drug-likeness (QED) is 0.892. The maximum atomic E-state index is 13.2. The number of fused-ring (bicyclic) bond motifs is 1. The first-order chi connectivity index (χ1) is 8.74. The van der Waals surface area contributed by atoms with Gasteiger partial charge in [-0.25, -0.2) is 4.39 Å². The summed E-state index contributed by atoms with van der Waals surface area (Å²) in [7, 11) is 0. The van der Waals surface area contributed by atoms with Gasteiger partial charge in [-0.15, -0.1) is 11.8 Å². The largest absolute Gasteiger partial charge is 0.323 e. The van der Waals surface area contributed by atoms with Crippen LogP contribution in [-0.4, -0.2) is 5.25 Å². The molecule has 1 aliphatic heterocycles. The van der Waals surface area contributed by atoms with Crippen molar-refractivity contribution in [1.29, 1.82) is 0 Å². The van der Waals surface area contributed by atoms with Crippen LogP contribution >= 0.6 is 11.8 Å². The van der Waals surface area contributed by atoms with E-state index >= 15 is 0 Å². The summed E-state index contributed by atoms with van der Waals surface area (Å²) in [5.41, 5.74) is 8.48. The second-order valence-corrected chi connectivity index (χ2v) is 5.83. The van der Waals surface area contributed by atoms with Crippen molar-refractivity contribution < 1.29 is 4.39 Å². The molecular weight excluding hydrogens is 245 g/mol. The van der Waals surface area contributed by atoms with Gasteiger partial charge in [0.05, 0.1) is 0 Å². The average molecular weight is 259 g/mol. The minimum Gasteiger partial charge on any atom is -0.323 e. The first-order valence-electron chi connectivity index (χ1n) is 5.99. The minimum atomic E-state index is -0.219. The van der Waals surface area contributed by atoms with Gasteiger partial charge < -0.3 is 5.73 Å². The lowest BCUT2D eigenvalue weighted by molar-refractivity contribution is 0.615. The van der Waals surface area contributed by atoms with Gasteiger partial charge in [0.2, 0.25) is 0 Å². The van der Waals surface area contributed by atoms with Crippen LogP contribution in [-0.2, 0) is 6.42 Å². The van der Waals surface area contributed by atoms with E-state index in [2.05, 4.69) is 18.2 Å². The average Bonchev–Trinajstić information content (AvgIpc) is 2.81. The van der Waals surface area contributed by atoms with Crippen molar-refractivity contribution in [2.75, 3.05) is 0 Å². The molecule has 2 unspecified atom stereocenters. The minimum absolute atomic E-state index is 0.127. The number of nitrogens with two attached hydrogens (primary N) is 1. The second kappa shape index (κ2) is 4.75. The van der Waals surface area contributed by atoms with E-state index in [1.54, 1.807) is 17.8 Å². The predicted octanol–water partition coefficient (Wildman–Crippen LogP) is 3.54. The molecule has 0 bridgehead atoms. The van der Waals surface area contributed by atoms with E-state index in [0.29, 0.717) is 5.25 Å². The van der Waals surface area contributed by atoms with Crippen LogP contribution in [0.3, 0.4) is 0 Å². The zero-order valence-corrected chi connectivity index (χ0v) is 10.7. The van der Waals surface area contributed by atoms with Crippen LogP contribution in [0.2, 0.25) is 0 Å². The molecule has 0 saturated heterocycles. The molecule has 3 rings (SSSR count). The molecule has 0 spiro atoms. The number of hydrogen-bond donors (Lipinski definition) is 1. The van der Waals surface area contributed by atoms with Crippen molar-refractivity contribution in [3.63, 3.8) is 0 Å². The molecule has 2 aromatic rings. The summed E-state index contributed by atoms with van der Waals surface area (Å²) in [6, 6.07) is 14.8. The first-order valence-corrected chi connectivity index (χ1v) is 6.87. The van der Waals surface area contributed by atoms with Crippen molar-refractivity contribution in [3.05, 3.63) is 65.5 Å². The molecule has 2 atom stereocenters. The lowest BCUT2D eigenvalue weighted by atomic mass is 9.99. The third-order valence-corrected chi connectivity index (χ3v) is 4.72. The highest BCUT2D eigenvalue weighted by Gasteiger charge is 2.28. The molecule has 92 valence electrons. The van der Waals surface area contributed by atoms with Gasteiger partial charge in [0.15, 0.2) is 0 Å². The molecule has 2 aromatic carbocycles. The summed E-state index contributed by atoms with van der Waals surface area (Å²) < 4.78 is 13.2. The molecule has 18 heavy (non-hydrogen) atoms. The van der Waals surface area contributed by atoms with E-state index in [1.165, 1.54) is 22.6 Å². The number of thioether (sulfide) groups is 1. The lowest BCUT2D eigenvalue weighted by Gasteiger charge is -2.18. The van der Waals surface area contributed by atoms with E-state index in [4.69, 9.17) is 5.73 Å². The number of halogens is 1. The molecule has 0 fully saturated rings. The Morgan fingerprint density at radius 3 is 2.78 bits per heavy atom. The van der Waals surface area contributed by atoms with Crippen molar-refractivity contribution in [2.24, 2.45) is 5.73 Å². The van der Waals surface area contributed by atoms with Crippen LogP contribution in [0.15, 0.2) is 53.4 Å². The van der Waals surface area contributed by atoms with Crippen LogP contribution in [0.4, 0.5) is 4.39 Å². The zero-order chi connectivity index (χ0) is 12.5. The van der Waals surface area contributed by atoms with Gasteiger partial charge in [0.25, 0.3) is 0 Å². The lowest BCUT2D eigenvalue weighted by Crippen LogP contribution is -2.23. The van der Waals surface area contributed by atoms with Crippen LogP contribution in [0.1, 0.15) is 17.2 Å². The third-order valence-electron chi connectivity index (χ3n) is 3.31. The Morgan fingerprint density at radius 1 is 1.17 bits per heavy atom. The molecule has 0 radical (unpaired) electrons. The molecule has 1 aliphatic rings. The van der Waals surface area contributed by atoms with Gasteiger partial charge in [0.1, 0.15) is 5.82 Å². The Morgan fingerprint density at radius 2 is 2.00 bits per heavy atom. The highest BCUT2D eigenvalue weighted by molar-refractivity contribution is 8.00. The van der Waals surface area contributed by atoms with Crippen molar-refractivity contribution in [3.8, 4) is 0 Å². The fraction of sp³-hybridized carbons (Fsp3) is 0.200. The first kappa shape index (κ1) is 11.8. The number of rotatable bonds is 2. The van der Waals surface area contributed by atoms with Gasteiger partial charge >= 0.3 is 0 Å². The maximum absolute atomic E-state index is 13.2. The highest BCUT2D eigenvalue weighted by atomic mass is 32.2. The monoisotopic (exact) mass is 259 g/mol. The van der Waals surface area contributed by atoms with E-state index < -0.39 is 0 Å². The van der Waals surface area contributed by atoms with Gasteiger partial charge in [-0.1, -0.05) is 30.3 Å². The number of benzene rings is 2. The molecule has 0 aliphatic carbocycles. The normalized spacial score (nSPS) is 19.6. The van der Waals surface area contributed by atoms with Gasteiger partial charge in [-0.2, -0.15) is 0 Å². The summed E-state index contributed by atoms with van der Waals surface area (Å²) >= 11 is 1.80. The van der Waals surface area contributed by atoms with Crippen molar-refractivity contribution in [1.82, 2.24) is 0 Å². The Labute approximate surface area is 110 Å². The van der Waals surface area contributed by atoms with Crippen LogP contribution in [0, 0.1) is 5.82 Å². The van der Waals surface area contributed by atoms with Crippen molar-refractivity contribution >= 4 is 11.8 Å². The van der Waals surface area contributed by atoms with Gasteiger partial charge in [-0.05, 0) is 35.7 Å². The van der Waals surface area contributed by atoms with E-state index in [-0.39, 0.29) is 11.9 Å². The van der Waals surface area contributed by atoms with Gasteiger partial charge in [-0.3, -0.25) is 0 Å².